The van der Waals surface area contributed by atoms with Crippen LogP contribution in [0.5, 0.6) is 0 Å². The van der Waals surface area contributed by atoms with Crippen molar-refractivity contribution in [2.24, 2.45) is 0 Å². The van der Waals surface area contributed by atoms with Crippen LogP contribution in [-0.2, 0) is 0 Å². The molecule has 0 bridgehead atoms. The predicted octanol–water partition coefficient (Wildman–Crippen LogP) is 5.26. The molecule has 1 N–H and O–H groups in total. The van der Waals surface area contributed by atoms with Crippen LogP contribution in [0, 0.1) is 27.7 Å². The Morgan fingerprint density at radius 1 is 0.952 bits per heavy atom. The van der Waals surface area contributed by atoms with Gasteiger partial charge in [0.1, 0.15) is 0 Å². The zero-order chi connectivity index (χ0) is 15.6. The summed E-state index contributed by atoms with van der Waals surface area (Å²) in [6.07, 6.45) is 0. The molecule has 1 nitrogen and oxygen atoms in total. The molecule has 112 valence electrons. The van der Waals surface area contributed by atoms with Crippen molar-refractivity contribution in [3.63, 3.8) is 0 Å². The van der Waals surface area contributed by atoms with Crippen molar-refractivity contribution in [2.75, 3.05) is 6.54 Å². The van der Waals surface area contributed by atoms with Crippen LogP contribution in [0.4, 0.5) is 0 Å². The van der Waals surface area contributed by atoms with Gasteiger partial charge in [0.25, 0.3) is 0 Å². The van der Waals surface area contributed by atoms with Crippen LogP contribution in [0.1, 0.15) is 47.7 Å². The molecule has 1 heteroatoms. The molecule has 0 saturated heterocycles. The first-order valence-corrected chi connectivity index (χ1v) is 7.87. The molecule has 1 atom stereocenters. The lowest BCUT2D eigenvalue weighted by atomic mass is 9.86. The molecular formula is C20H27N. The fourth-order valence-corrected chi connectivity index (χ4v) is 3.14. The molecule has 0 aromatic heterocycles. The van der Waals surface area contributed by atoms with E-state index in [1.807, 2.05) is 0 Å². The van der Waals surface area contributed by atoms with Gasteiger partial charge >= 0.3 is 0 Å². The first-order chi connectivity index (χ1) is 9.97. The van der Waals surface area contributed by atoms with Gasteiger partial charge in [-0.1, -0.05) is 37.3 Å². The van der Waals surface area contributed by atoms with Crippen molar-refractivity contribution in [2.45, 2.75) is 47.6 Å². The van der Waals surface area contributed by atoms with Crippen LogP contribution in [0.3, 0.4) is 0 Å². The fourth-order valence-electron chi connectivity index (χ4n) is 3.14. The monoisotopic (exact) mass is 281 g/mol. The largest absolute Gasteiger partial charge is 0.310 e. The number of nitrogens with one attached hydrogen (secondary N) is 1. The average Bonchev–Trinajstić information content (AvgIpc) is 2.46. The summed E-state index contributed by atoms with van der Waals surface area (Å²) in [7, 11) is 0. The van der Waals surface area contributed by atoms with Gasteiger partial charge in [0.15, 0.2) is 0 Å². The van der Waals surface area contributed by atoms with Gasteiger partial charge in [0.05, 0.1) is 0 Å². The molecule has 2 rings (SSSR count). The molecule has 0 aliphatic rings. The Bertz CT molecular complexity index is 614. The van der Waals surface area contributed by atoms with E-state index < -0.39 is 0 Å². The van der Waals surface area contributed by atoms with Crippen LogP contribution in [0.25, 0.3) is 11.1 Å². The van der Waals surface area contributed by atoms with Crippen molar-refractivity contribution in [1.29, 1.82) is 0 Å². The lowest BCUT2D eigenvalue weighted by molar-refractivity contribution is 0.599. The van der Waals surface area contributed by atoms with Gasteiger partial charge in [0.2, 0.25) is 0 Å². The molecule has 21 heavy (non-hydrogen) atoms. The first-order valence-electron chi connectivity index (χ1n) is 7.87. The van der Waals surface area contributed by atoms with E-state index in [1.54, 1.807) is 0 Å². The van der Waals surface area contributed by atoms with Crippen LogP contribution in [-0.4, -0.2) is 6.54 Å². The third kappa shape index (κ3) is 3.03. The number of hydrogen-bond donors (Lipinski definition) is 1. The van der Waals surface area contributed by atoms with Gasteiger partial charge in [-0.2, -0.15) is 0 Å². The number of rotatable bonds is 4. The third-order valence-electron chi connectivity index (χ3n) is 4.57. The number of aryl methyl sites for hydroxylation is 2. The topological polar surface area (TPSA) is 12.0 Å². The summed E-state index contributed by atoms with van der Waals surface area (Å²) >= 11 is 0. The second kappa shape index (κ2) is 6.44. The summed E-state index contributed by atoms with van der Waals surface area (Å²) in [5.74, 6) is 0. The minimum Gasteiger partial charge on any atom is -0.310 e. The molecule has 0 spiro atoms. The summed E-state index contributed by atoms with van der Waals surface area (Å²) in [5, 5.41) is 3.54. The Labute approximate surface area is 129 Å². The highest BCUT2D eigenvalue weighted by Crippen LogP contribution is 2.35. The summed E-state index contributed by atoms with van der Waals surface area (Å²) < 4.78 is 0. The Morgan fingerprint density at radius 2 is 1.52 bits per heavy atom. The minimum absolute atomic E-state index is 0.366. The normalized spacial score (nSPS) is 12.5. The molecule has 0 radical (unpaired) electrons. The van der Waals surface area contributed by atoms with Gasteiger partial charge < -0.3 is 5.32 Å². The van der Waals surface area contributed by atoms with Crippen molar-refractivity contribution in [1.82, 2.24) is 5.32 Å². The molecular weight excluding hydrogens is 254 g/mol. The maximum absolute atomic E-state index is 3.54. The second-order valence-corrected chi connectivity index (χ2v) is 6.00. The van der Waals surface area contributed by atoms with Crippen LogP contribution in [0.2, 0.25) is 0 Å². The van der Waals surface area contributed by atoms with Gasteiger partial charge in [-0.25, -0.2) is 0 Å². The lowest BCUT2D eigenvalue weighted by Crippen LogP contribution is -2.18. The smallest absolute Gasteiger partial charge is 0.0297 e. The van der Waals surface area contributed by atoms with Crippen molar-refractivity contribution < 1.29 is 0 Å². The fraction of sp³-hybridized carbons (Fsp3) is 0.400. The van der Waals surface area contributed by atoms with Crippen LogP contribution >= 0.6 is 0 Å². The SMILES string of the molecule is CCNC(C)c1ccccc1-c1c(C)c(C)cc(C)c1C. The summed E-state index contributed by atoms with van der Waals surface area (Å²) in [5.41, 5.74) is 9.71. The maximum Gasteiger partial charge on any atom is 0.0297 e. The average molecular weight is 281 g/mol. The summed E-state index contributed by atoms with van der Waals surface area (Å²) in [6, 6.07) is 11.5. The van der Waals surface area contributed by atoms with E-state index in [2.05, 4.69) is 77.2 Å². The predicted molar refractivity (Wildman–Crippen MR) is 92.9 cm³/mol. The number of benzene rings is 2. The number of hydrogen-bond acceptors (Lipinski definition) is 1. The van der Waals surface area contributed by atoms with Gasteiger partial charge in [-0.15, -0.1) is 0 Å². The Kier molecular flexibility index (Phi) is 4.84. The van der Waals surface area contributed by atoms with Gasteiger partial charge in [-0.3, -0.25) is 0 Å². The zero-order valence-corrected chi connectivity index (χ0v) is 14.2. The summed E-state index contributed by atoms with van der Waals surface area (Å²) in [6.45, 7) is 14.3. The van der Waals surface area contributed by atoms with E-state index in [9.17, 15) is 0 Å². The molecule has 0 amide bonds. The molecule has 2 aromatic rings. The quantitative estimate of drug-likeness (QED) is 0.806. The zero-order valence-electron chi connectivity index (χ0n) is 14.2. The Morgan fingerprint density at radius 3 is 2.10 bits per heavy atom. The summed E-state index contributed by atoms with van der Waals surface area (Å²) in [4.78, 5) is 0. The Hall–Kier alpha value is -1.60. The highest BCUT2D eigenvalue weighted by Gasteiger charge is 2.16. The van der Waals surface area contributed by atoms with Gasteiger partial charge in [0, 0.05) is 6.04 Å². The van der Waals surface area contributed by atoms with E-state index >= 15 is 0 Å². The molecule has 0 aliphatic carbocycles. The van der Waals surface area contributed by atoms with E-state index in [-0.39, 0.29) is 0 Å². The standard InChI is InChI=1S/C20H27N/c1-7-21-17(6)18-10-8-9-11-19(18)20-15(4)13(2)12-14(3)16(20)5/h8-12,17,21H,7H2,1-6H3. The lowest BCUT2D eigenvalue weighted by Gasteiger charge is -2.22. The molecule has 0 saturated carbocycles. The minimum atomic E-state index is 0.366. The van der Waals surface area contributed by atoms with Crippen LogP contribution < -0.4 is 5.32 Å². The molecule has 2 aromatic carbocycles. The highest BCUT2D eigenvalue weighted by molar-refractivity contribution is 5.76. The van der Waals surface area contributed by atoms with Crippen molar-refractivity contribution in [3.05, 3.63) is 58.1 Å². The molecule has 0 fully saturated rings. The molecule has 0 aliphatic heterocycles. The second-order valence-electron chi connectivity index (χ2n) is 6.00. The maximum atomic E-state index is 3.54. The molecule has 0 heterocycles. The Balaban J connectivity index is 2.68. The van der Waals surface area contributed by atoms with E-state index in [1.165, 1.54) is 38.9 Å². The third-order valence-corrected chi connectivity index (χ3v) is 4.57. The van der Waals surface area contributed by atoms with Crippen molar-refractivity contribution >= 4 is 0 Å². The van der Waals surface area contributed by atoms with E-state index in [4.69, 9.17) is 0 Å². The van der Waals surface area contributed by atoms with Crippen molar-refractivity contribution in [3.8, 4) is 11.1 Å². The van der Waals surface area contributed by atoms with Gasteiger partial charge in [-0.05, 0) is 80.1 Å². The van der Waals surface area contributed by atoms with E-state index in [0.717, 1.165) is 6.54 Å². The first kappa shape index (κ1) is 15.8. The van der Waals surface area contributed by atoms with Crippen LogP contribution in [0.15, 0.2) is 30.3 Å². The highest BCUT2D eigenvalue weighted by atomic mass is 14.9. The molecule has 1 unspecified atom stereocenters. The van der Waals surface area contributed by atoms with E-state index in [0.29, 0.717) is 6.04 Å².